The minimum atomic E-state index is 0.343. The molecule has 0 aliphatic heterocycles. The van der Waals surface area contributed by atoms with Gasteiger partial charge in [0.2, 0.25) is 0 Å². The minimum Gasteiger partial charge on any atom is -0.443 e. The Kier molecular flexibility index (Phi) is 3.49. The quantitative estimate of drug-likeness (QED) is 0.739. The molecule has 0 bridgehead atoms. The first-order valence-corrected chi connectivity index (χ1v) is 6.27. The first kappa shape index (κ1) is 11.2. The fourth-order valence-electron chi connectivity index (χ4n) is 1.28. The zero-order valence-electron chi connectivity index (χ0n) is 7.51. The van der Waals surface area contributed by atoms with Crippen molar-refractivity contribution in [3.8, 4) is 11.3 Å². The van der Waals surface area contributed by atoms with Crippen LogP contribution in [0.4, 0.5) is 0 Å². The molecule has 0 saturated heterocycles. The van der Waals surface area contributed by atoms with Gasteiger partial charge in [-0.15, -0.1) is 11.6 Å². The van der Waals surface area contributed by atoms with Crippen molar-refractivity contribution < 1.29 is 4.42 Å². The molecule has 0 aliphatic carbocycles. The Balaban J connectivity index is 2.53. The fraction of sp³-hybridized carbons (Fsp3) is 0.100. The molecular formula is C10H6Br2ClNO. The lowest BCUT2D eigenvalue weighted by atomic mass is 10.1. The molecule has 2 rings (SSSR count). The Bertz CT molecular complexity index is 464. The molecule has 0 atom stereocenters. The zero-order valence-corrected chi connectivity index (χ0v) is 11.4. The smallest absolute Gasteiger partial charge is 0.181 e. The normalized spacial score (nSPS) is 10.6. The van der Waals surface area contributed by atoms with Crippen molar-refractivity contribution in [1.82, 2.24) is 4.98 Å². The molecule has 15 heavy (non-hydrogen) atoms. The second kappa shape index (κ2) is 4.68. The van der Waals surface area contributed by atoms with E-state index in [0.717, 1.165) is 20.2 Å². The highest BCUT2D eigenvalue weighted by Crippen LogP contribution is 2.30. The first-order valence-electron chi connectivity index (χ1n) is 4.15. The third kappa shape index (κ3) is 2.44. The predicted molar refractivity (Wildman–Crippen MR) is 66.9 cm³/mol. The summed E-state index contributed by atoms with van der Waals surface area (Å²) in [5, 5.41) is 0. The highest BCUT2D eigenvalue weighted by Gasteiger charge is 2.10. The van der Waals surface area contributed by atoms with Gasteiger partial charge in [0.05, 0.1) is 5.88 Å². The monoisotopic (exact) mass is 349 g/mol. The van der Waals surface area contributed by atoms with Gasteiger partial charge >= 0.3 is 0 Å². The van der Waals surface area contributed by atoms with E-state index >= 15 is 0 Å². The molecular weight excluding hydrogens is 345 g/mol. The van der Waals surface area contributed by atoms with Crippen molar-refractivity contribution in [2.24, 2.45) is 0 Å². The summed E-state index contributed by atoms with van der Waals surface area (Å²) < 4.78 is 7.27. The van der Waals surface area contributed by atoms with E-state index in [9.17, 15) is 0 Å². The maximum atomic E-state index is 5.76. The predicted octanol–water partition coefficient (Wildman–Crippen LogP) is 4.61. The van der Waals surface area contributed by atoms with Crippen LogP contribution in [-0.4, -0.2) is 4.98 Å². The van der Waals surface area contributed by atoms with Gasteiger partial charge in [0.15, 0.2) is 12.2 Å². The number of oxazole rings is 1. The highest BCUT2D eigenvalue weighted by molar-refractivity contribution is 9.11. The minimum absolute atomic E-state index is 0.343. The van der Waals surface area contributed by atoms with E-state index in [1.54, 1.807) is 0 Å². The van der Waals surface area contributed by atoms with Crippen LogP contribution in [0.25, 0.3) is 11.3 Å². The van der Waals surface area contributed by atoms with Gasteiger partial charge in [0.1, 0.15) is 5.69 Å². The molecule has 0 saturated carbocycles. The molecule has 0 radical (unpaired) electrons. The van der Waals surface area contributed by atoms with Gasteiger partial charge in [0.25, 0.3) is 0 Å². The second-order valence-electron chi connectivity index (χ2n) is 2.92. The number of alkyl halides is 1. The van der Waals surface area contributed by atoms with Gasteiger partial charge < -0.3 is 4.42 Å². The van der Waals surface area contributed by atoms with Crippen LogP contribution >= 0.6 is 43.5 Å². The summed E-state index contributed by atoms with van der Waals surface area (Å²) in [5.41, 5.74) is 1.70. The van der Waals surface area contributed by atoms with E-state index in [2.05, 4.69) is 36.8 Å². The molecule has 2 nitrogen and oxygen atoms in total. The number of rotatable bonds is 2. The summed E-state index contributed by atoms with van der Waals surface area (Å²) in [6.07, 6.45) is 1.40. The number of hydrogen-bond acceptors (Lipinski definition) is 2. The third-order valence-corrected chi connectivity index (χ3v) is 3.06. The Morgan fingerprint density at radius 1 is 1.20 bits per heavy atom. The Morgan fingerprint density at radius 2 is 1.87 bits per heavy atom. The average Bonchev–Trinajstić information content (AvgIpc) is 2.63. The van der Waals surface area contributed by atoms with Crippen LogP contribution in [0, 0.1) is 0 Å². The van der Waals surface area contributed by atoms with E-state index in [0.29, 0.717) is 11.6 Å². The topological polar surface area (TPSA) is 26.0 Å². The molecule has 0 fully saturated rings. The Morgan fingerprint density at radius 3 is 2.47 bits per heavy atom. The van der Waals surface area contributed by atoms with E-state index in [1.165, 1.54) is 6.39 Å². The van der Waals surface area contributed by atoms with Gasteiger partial charge in [0, 0.05) is 14.5 Å². The number of halogens is 3. The summed E-state index contributed by atoms with van der Waals surface area (Å²) in [4.78, 5) is 4.04. The third-order valence-electron chi connectivity index (χ3n) is 1.89. The number of nitrogens with zero attached hydrogens (tertiary/aromatic N) is 1. The number of hydrogen-bond donors (Lipinski definition) is 0. The summed E-state index contributed by atoms with van der Waals surface area (Å²) in [6, 6.07) is 5.88. The lowest BCUT2D eigenvalue weighted by molar-refractivity contribution is 0.571. The van der Waals surface area contributed by atoms with Crippen molar-refractivity contribution in [3.63, 3.8) is 0 Å². The van der Waals surface area contributed by atoms with Crippen LogP contribution in [0.2, 0.25) is 0 Å². The summed E-state index contributed by atoms with van der Waals surface area (Å²) in [6.45, 7) is 0. The van der Waals surface area contributed by atoms with Crippen LogP contribution in [0.3, 0.4) is 0 Å². The summed E-state index contributed by atoms with van der Waals surface area (Å²) in [7, 11) is 0. The van der Waals surface area contributed by atoms with E-state index in [4.69, 9.17) is 16.0 Å². The summed E-state index contributed by atoms with van der Waals surface area (Å²) in [5.74, 6) is 1.06. The standard InChI is InChI=1S/C10H6Br2ClNO/c11-7-1-6(2-8(12)3-7)10-9(4-13)14-5-15-10/h1-3,5H,4H2. The van der Waals surface area contributed by atoms with Crippen molar-refractivity contribution in [2.75, 3.05) is 0 Å². The van der Waals surface area contributed by atoms with Gasteiger partial charge in [-0.2, -0.15) is 0 Å². The molecule has 78 valence electrons. The Labute approximate surface area is 109 Å². The average molecular weight is 351 g/mol. The van der Waals surface area contributed by atoms with Crippen molar-refractivity contribution >= 4 is 43.5 Å². The van der Waals surface area contributed by atoms with Crippen LogP contribution < -0.4 is 0 Å². The first-order chi connectivity index (χ1) is 7.20. The molecule has 0 amide bonds. The van der Waals surface area contributed by atoms with Gasteiger partial charge in [-0.05, 0) is 18.2 Å². The van der Waals surface area contributed by atoms with Crippen LogP contribution in [-0.2, 0) is 5.88 Å². The molecule has 1 aromatic heterocycles. The SMILES string of the molecule is ClCc1ncoc1-c1cc(Br)cc(Br)c1. The van der Waals surface area contributed by atoms with Gasteiger partial charge in [-0.3, -0.25) is 0 Å². The molecule has 1 heterocycles. The van der Waals surface area contributed by atoms with Crippen molar-refractivity contribution in [1.29, 1.82) is 0 Å². The maximum absolute atomic E-state index is 5.76. The fourth-order valence-corrected chi connectivity index (χ4v) is 2.77. The molecule has 0 N–H and O–H groups in total. The highest BCUT2D eigenvalue weighted by atomic mass is 79.9. The maximum Gasteiger partial charge on any atom is 0.181 e. The van der Waals surface area contributed by atoms with Crippen LogP contribution in [0.15, 0.2) is 38.0 Å². The molecule has 1 aromatic carbocycles. The lowest BCUT2D eigenvalue weighted by Crippen LogP contribution is -1.83. The van der Waals surface area contributed by atoms with Gasteiger partial charge in [-0.1, -0.05) is 31.9 Å². The molecule has 0 aliphatic rings. The number of benzene rings is 1. The number of aromatic nitrogens is 1. The summed E-state index contributed by atoms with van der Waals surface area (Å²) >= 11 is 12.6. The van der Waals surface area contributed by atoms with Gasteiger partial charge in [-0.25, -0.2) is 4.98 Å². The van der Waals surface area contributed by atoms with E-state index in [1.807, 2.05) is 18.2 Å². The molecule has 0 spiro atoms. The Hall–Kier alpha value is -0.320. The van der Waals surface area contributed by atoms with Crippen molar-refractivity contribution in [2.45, 2.75) is 5.88 Å². The van der Waals surface area contributed by atoms with Crippen molar-refractivity contribution in [3.05, 3.63) is 39.2 Å². The lowest BCUT2D eigenvalue weighted by Gasteiger charge is -2.01. The van der Waals surface area contributed by atoms with Crippen LogP contribution in [0.1, 0.15) is 5.69 Å². The van der Waals surface area contributed by atoms with Crippen LogP contribution in [0.5, 0.6) is 0 Å². The van der Waals surface area contributed by atoms with E-state index in [-0.39, 0.29) is 0 Å². The largest absolute Gasteiger partial charge is 0.443 e. The molecule has 5 heteroatoms. The molecule has 0 unspecified atom stereocenters. The zero-order chi connectivity index (χ0) is 10.8. The van der Waals surface area contributed by atoms with E-state index < -0.39 is 0 Å². The second-order valence-corrected chi connectivity index (χ2v) is 5.02. The molecule has 2 aromatic rings.